The molecule has 0 aliphatic heterocycles. The van der Waals surface area contributed by atoms with Gasteiger partial charge in [0.25, 0.3) is 5.69 Å². The summed E-state index contributed by atoms with van der Waals surface area (Å²) in [6.45, 7) is 7.55. The van der Waals surface area contributed by atoms with E-state index in [2.05, 4.69) is 10.6 Å². The van der Waals surface area contributed by atoms with Crippen LogP contribution in [-0.4, -0.2) is 23.4 Å². The van der Waals surface area contributed by atoms with Crippen molar-refractivity contribution in [3.05, 3.63) is 39.4 Å². The summed E-state index contributed by atoms with van der Waals surface area (Å²) in [4.78, 5) is 22.0. The van der Waals surface area contributed by atoms with Crippen LogP contribution in [0.2, 0.25) is 0 Å². The maximum absolute atomic E-state index is 11.5. The second-order valence-corrected chi connectivity index (χ2v) is 5.13. The molecule has 1 atom stereocenters. The van der Waals surface area contributed by atoms with Crippen LogP contribution in [0.15, 0.2) is 18.2 Å². The number of carbonyl (C=O) groups excluding carboxylic acids is 1. The topological polar surface area (TPSA) is 84.3 Å². The molecular weight excluding hydrogens is 258 g/mol. The number of hydrogen-bond donors (Lipinski definition) is 2. The Morgan fingerprint density at radius 1 is 1.35 bits per heavy atom. The van der Waals surface area contributed by atoms with Crippen LogP contribution in [0.25, 0.3) is 0 Å². The van der Waals surface area contributed by atoms with E-state index in [9.17, 15) is 14.9 Å². The molecule has 0 saturated heterocycles. The second kappa shape index (κ2) is 7.00. The first kappa shape index (κ1) is 16.1. The van der Waals surface area contributed by atoms with Gasteiger partial charge in [-0.05, 0) is 33.3 Å². The number of nitro groups is 1. The van der Waals surface area contributed by atoms with Gasteiger partial charge in [-0.1, -0.05) is 12.1 Å². The molecule has 0 aromatic heterocycles. The van der Waals surface area contributed by atoms with Crippen molar-refractivity contribution in [2.24, 2.45) is 0 Å². The fourth-order valence-electron chi connectivity index (χ4n) is 1.83. The van der Waals surface area contributed by atoms with E-state index in [0.29, 0.717) is 5.56 Å². The molecule has 0 spiro atoms. The number of nitrogens with one attached hydrogen (secondary N) is 2. The molecule has 6 nitrogen and oxygen atoms in total. The van der Waals surface area contributed by atoms with Gasteiger partial charge in [0.2, 0.25) is 5.91 Å². The molecule has 0 fully saturated rings. The minimum Gasteiger partial charge on any atom is -0.353 e. The first-order valence-electron chi connectivity index (χ1n) is 6.59. The maximum atomic E-state index is 11.5. The lowest BCUT2D eigenvalue weighted by atomic mass is 10.0. The molecule has 1 unspecified atom stereocenters. The van der Waals surface area contributed by atoms with E-state index < -0.39 is 4.92 Å². The predicted molar refractivity (Wildman–Crippen MR) is 77.5 cm³/mol. The second-order valence-electron chi connectivity index (χ2n) is 5.13. The molecule has 20 heavy (non-hydrogen) atoms. The molecule has 2 N–H and O–H groups in total. The number of hydrogen-bond acceptors (Lipinski definition) is 4. The first-order chi connectivity index (χ1) is 9.31. The van der Waals surface area contributed by atoms with Crippen LogP contribution >= 0.6 is 0 Å². The molecule has 0 aliphatic rings. The number of rotatable bonds is 6. The lowest BCUT2D eigenvalue weighted by Gasteiger charge is -2.15. The summed E-state index contributed by atoms with van der Waals surface area (Å²) in [7, 11) is 0. The lowest BCUT2D eigenvalue weighted by molar-refractivity contribution is -0.385. The molecular formula is C14H21N3O3. The Bertz CT molecular complexity index is 500. The maximum Gasteiger partial charge on any atom is 0.272 e. The monoisotopic (exact) mass is 279 g/mol. The molecule has 1 aromatic rings. The zero-order chi connectivity index (χ0) is 15.3. The van der Waals surface area contributed by atoms with E-state index in [0.717, 1.165) is 5.56 Å². The van der Waals surface area contributed by atoms with Crippen LogP contribution in [0.3, 0.4) is 0 Å². The fraction of sp³-hybridized carbons (Fsp3) is 0.500. The van der Waals surface area contributed by atoms with Crippen LogP contribution < -0.4 is 10.6 Å². The average molecular weight is 279 g/mol. The van der Waals surface area contributed by atoms with Gasteiger partial charge in [0.05, 0.1) is 11.5 Å². The van der Waals surface area contributed by atoms with Gasteiger partial charge in [-0.2, -0.15) is 0 Å². The number of aryl methyl sites for hydroxylation is 1. The highest BCUT2D eigenvalue weighted by atomic mass is 16.6. The molecule has 1 rings (SSSR count). The van der Waals surface area contributed by atoms with Gasteiger partial charge in [0.1, 0.15) is 0 Å². The van der Waals surface area contributed by atoms with E-state index >= 15 is 0 Å². The van der Waals surface area contributed by atoms with Crippen molar-refractivity contribution in [1.82, 2.24) is 10.6 Å². The van der Waals surface area contributed by atoms with Crippen molar-refractivity contribution in [2.75, 3.05) is 6.54 Å². The van der Waals surface area contributed by atoms with Crippen LogP contribution in [0.5, 0.6) is 0 Å². The van der Waals surface area contributed by atoms with E-state index in [-0.39, 0.29) is 30.2 Å². The summed E-state index contributed by atoms with van der Waals surface area (Å²) in [5, 5.41) is 16.7. The molecule has 0 heterocycles. The van der Waals surface area contributed by atoms with Crippen molar-refractivity contribution < 1.29 is 9.72 Å². The summed E-state index contributed by atoms with van der Waals surface area (Å²) in [5.41, 5.74) is 1.52. The summed E-state index contributed by atoms with van der Waals surface area (Å²) in [6.07, 6.45) is 0. The SMILES string of the molecule is Cc1ccc(C(C)NCC(=O)NC(C)C)cc1[N+](=O)[O-]. The third-order valence-electron chi connectivity index (χ3n) is 2.95. The van der Waals surface area contributed by atoms with Gasteiger partial charge in [-0.15, -0.1) is 0 Å². The molecule has 0 saturated carbocycles. The molecule has 1 amide bonds. The van der Waals surface area contributed by atoms with Crippen molar-refractivity contribution in [1.29, 1.82) is 0 Å². The van der Waals surface area contributed by atoms with Crippen LogP contribution in [0.1, 0.15) is 37.9 Å². The number of nitro benzene ring substituents is 1. The number of amides is 1. The molecule has 0 radical (unpaired) electrons. The Morgan fingerprint density at radius 2 is 2.00 bits per heavy atom. The van der Waals surface area contributed by atoms with E-state index in [4.69, 9.17) is 0 Å². The lowest BCUT2D eigenvalue weighted by Crippen LogP contribution is -2.38. The van der Waals surface area contributed by atoms with Crippen molar-refractivity contribution in [2.45, 2.75) is 39.8 Å². The highest BCUT2D eigenvalue weighted by Gasteiger charge is 2.15. The van der Waals surface area contributed by atoms with Gasteiger partial charge in [0, 0.05) is 23.7 Å². The minimum absolute atomic E-state index is 0.0894. The van der Waals surface area contributed by atoms with E-state index in [1.807, 2.05) is 26.8 Å². The Hall–Kier alpha value is -1.95. The van der Waals surface area contributed by atoms with Gasteiger partial charge in [-0.3, -0.25) is 14.9 Å². The predicted octanol–water partition coefficient (Wildman–Crippen LogP) is 2.08. The average Bonchev–Trinajstić information content (AvgIpc) is 2.35. The molecule has 0 aliphatic carbocycles. The van der Waals surface area contributed by atoms with Gasteiger partial charge in [0.15, 0.2) is 0 Å². The Morgan fingerprint density at radius 3 is 2.55 bits per heavy atom. The fourth-order valence-corrected chi connectivity index (χ4v) is 1.83. The summed E-state index contributed by atoms with van der Waals surface area (Å²) in [5.74, 6) is -0.0894. The summed E-state index contributed by atoms with van der Waals surface area (Å²) < 4.78 is 0. The molecule has 1 aromatic carbocycles. The number of nitrogens with zero attached hydrogens (tertiary/aromatic N) is 1. The molecule has 110 valence electrons. The third kappa shape index (κ3) is 4.62. The van der Waals surface area contributed by atoms with Crippen molar-refractivity contribution in [3.63, 3.8) is 0 Å². The quantitative estimate of drug-likeness (QED) is 0.616. The zero-order valence-electron chi connectivity index (χ0n) is 12.3. The number of carbonyl (C=O) groups is 1. The van der Waals surface area contributed by atoms with Gasteiger partial charge in [-0.25, -0.2) is 0 Å². The van der Waals surface area contributed by atoms with Crippen LogP contribution in [-0.2, 0) is 4.79 Å². The third-order valence-corrected chi connectivity index (χ3v) is 2.95. The zero-order valence-corrected chi connectivity index (χ0v) is 12.3. The Labute approximate surface area is 118 Å². The van der Waals surface area contributed by atoms with Gasteiger partial charge < -0.3 is 10.6 Å². The summed E-state index contributed by atoms with van der Waals surface area (Å²) >= 11 is 0. The van der Waals surface area contributed by atoms with Crippen molar-refractivity contribution >= 4 is 11.6 Å². The normalized spacial score (nSPS) is 12.2. The van der Waals surface area contributed by atoms with Gasteiger partial charge >= 0.3 is 0 Å². The standard InChI is InChI=1S/C14H21N3O3/c1-9(2)16-14(18)8-15-11(4)12-6-5-10(3)13(7-12)17(19)20/h5-7,9,11,15H,8H2,1-4H3,(H,16,18). The Balaban J connectivity index is 2.68. The summed E-state index contributed by atoms with van der Waals surface area (Å²) in [6, 6.07) is 5.07. The van der Waals surface area contributed by atoms with E-state index in [1.165, 1.54) is 0 Å². The highest BCUT2D eigenvalue weighted by Crippen LogP contribution is 2.22. The van der Waals surface area contributed by atoms with Crippen LogP contribution in [0, 0.1) is 17.0 Å². The first-order valence-corrected chi connectivity index (χ1v) is 6.59. The molecule has 6 heteroatoms. The molecule has 0 bridgehead atoms. The largest absolute Gasteiger partial charge is 0.353 e. The highest BCUT2D eigenvalue weighted by molar-refractivity contribution is 5.78. The smallest absolute Gasteiger partial charge is 0.272 e. The number of benzene rings is 1. The Kier molecular flexibility index (Phi) is 5.64. The minimum atomic E-state index is -0.392. The van der Waals surface area contributed by atoms with Crippen LogP contribution in [0.4, 0.5) is 5.69 Å². The van der Waals surface area contributed by atoms with Crippen molar-refractivity contribution in [3.8, 4) is 0 Å². The van der Waals surface area contributed by atoms with E-state index in [1.54, 1.807) is 19.1 Å².